The van der Waals surface area contributed by atoms with Gasteiger partial charge in [0.2, 0.25) is 17.7 Å². The molecule has 0 aromatic carbocycles. The molecular weight excluding hydrogens is 246 g/mol. The summed E-state index contributed by atoms with van der Waals surface area (Å²) in [6.45, 7) is 8.76. The fraction of sp³-hybridized carbons (Fsp3) is 0.769. The molecule has 3 atom stereocenters. The Labute approximate surface area is 114 Å². The molecule has 0 aromatic rings. The lowest BCUT2D eigenvalue weighted by atomic mass is 9.97. The van der Waals surface area contributed by atoms with Crippen molar-refractivity contribution < 1.29 is 14.4 Å². The van der Waals surface area contributed by atoms with Gasteiger partial charge in [-0.05, 0) is 11.8 Å². The van der Waals surface area contributed by atoms with E-state index in [9.17, 15) is 14.4 Å². The molecule has 110 valence electrons. The second kappa shape index (κ2) is 7.76. The fourth-order valence-electron chi connectivity index (χ4n) is 1.73. The second-order valence-electron chi connectivity index (χ2n) is 5.20. The summed E-state index contributed by atoms with van der Waals surface area (Å²) in [4.78, 5) is 34.6. The summed E-state index contributed by atoms with van der Waals surface area (Å²) < 4.78 is 0. The predicted molar refractivity (Wildman–Crippen MR) is 73.0 cm³/mol. The molecule has 0 radical (unpaired) electrons. The van der Waals surface area contributed by atoms with Crippen LogP contribution in [0.4, 0.5) is 0 Å². The maximum atomic E-state index is 12.1. The summed E-state index contributed by atoms with van der Waals surface area (Å²) in [5.74, 6) is -1.35. The number of carbonyl (C=O) groups excluding carboxylic acids is 3. The molecule has 0 rings (SSSR count). The minimum Gasteiger partial charge on any atom is -0.368 e. The first-order chi connectivity index (χ1) is 8.70. The SMILES string of the molecule is CC[C@@H](C)[C@H](NC(=O)[C@H](NC(C)=O)C(C)C)C(N)=O. The quantitative estimate of drug-likeness (QED) is 0.615. The van der Waals surface area contributed by atoms with Gasteiger partial charge in [0.1, 0.15) is 12.1 Å². The van der Waals surface area contributed by atoms with Gasteiger partial charge in [-0.3, -0.25) is 14.4 Å². The van der Waals surface area contributed by atoms with Crippen molar-refractivity contribution in [3.63, 3.8) is 0 Å². The lowest BCUT2D eigenvalue weighted by Crippen LogP contribution is -2.56. The fourth-order valence-corrected chi connectivity index (χ4v) is 1.73. The van der Waals surface area contributed by atoms with Crippen molar-refractivity contribution in [3.05, 3.63) is 0 Å². The van der Waals surface area contributed by atoms with Crippen molar-refractivity contribution in [2.45, 2.75) is 53.1 Å². The van der Waals surface area contributed by atoms with Crippen molar-refractivity contribution in [1.82, 2.24) is 10.6 Å². The van der Waals surface area contributed by atoms with Gasteiger partial charge in [-0.2, -0.15) is 0 Å². The Bertz CT molecular complexity index is 342. The van der Waals surface area contributed by atoms with Gasteiger partial charge in [0.15, 0.2) is 0 Å². The van der Waals surface area contributed by atoms with Gasteiger partial charge >= 0.3 is 0 Å². The molecule has 0 spiro atoms. The van der Waals surface area contributed by atoms with E-state index in [2.05, 4.69) is 10.6 Å². The summed E-state index contributed by atoms with van der Waals surface area (Å²) in [5.41, 5.74) is 5.30. The van der Waals surface area contributed by atoms with Crippen molar-refractivity contribution in [2.75, 3.05) is 0 Å². The van der Waals surface area contributed by atoms with E-state index in [0.717, 1.165) is 6.42 Å². The molecule has 3 amide bonds. The van der Waals surface area contributed by atoms with Crippen LogP contribution in [0.25, 0.3) is 0 Å². The highest BCUT2D eigenvalue weighted by Gasteiger charge is 2.29. The van der Waals surface area contributed by atoms with Crippen LogP contribution < -0.4 is 16.4 Å². The number of nitrogens with two attached hydrogens (primary N) is 1. The summed E-state index contributed by atoms with van der Waals surface area (Å²) in [5, 5.41) is 5.20. The van der Waals surface area contributed by atoms with E-state index in [1.54, 1.807) is 0 Å². The standard InChI is InChI=1S/C13H25N3O3/c1-6-8(4)11(12(14)18)16-13(19)10(7(2)3)15-9(5)17/h7-8,10-11H,6H2,1-5H3,(H2,14,18)(H,15,17)(H,16,19)/t8-,10-,11+/m1/s1. The van der Waals surface area contributed by atoms with Crippen LogP contribution in [0.15, 0.2) is 0 Å². The Balaban J connectivity index is 4.85. The largest absolute Gasteiger partial charge is 0.368 e. The molecule has 0 bridgehead atoms. The third-order valence-corrected chi connectivity index (χ3v) is 3.13. The van der Waals surface area contributed by atoms with E-state index >= 15 is 0 Å². The molecule has 0 fully saturated rings. The average molecular weight is 271 g/mol. The third kappa shape index (κ3) is 5.72. The van der Waals surface area contributed by atoms with E-state index in [1.807, 2.05) is 27.7 Å². The predicted octanol–water partition coefficient (Wildman–Crippen LogP) is 0.163. The van der Waals surface area contributed by atoms with E-state index in [0.29, 0.717) is 0 Å². The van der Waals surface area contributed by atoms with Crippen molar-refractivity contribution in [3.8, 4) is 0 Å². The zero-order chi connectivity index (χ0) is 15.2. The number of carbonyl (C=O) groups is 3. The molecule has 0 saturated heterocycles. The van der Waals surface area contributed by atoms with Crippen LogP contribution in [0.1, 0.15) is 41.0 Å². The lowest BCUT2D eigenvalue weighted by Gasteiger charge is -2.26. The number of primary amides is 1. The molecule has 0 aromatic heterocycles. The van der Waals surface area contributed by atoms with Crippen molar-refractivity contribution in [1.29, 1.82) is 0 Å². The second-order valence-corrected chi connectivity index (χ2v) is 5.20. The van der Waals surface area contributed by atoms with E-state index in [1.165, 1.54) is 6.92 Å². The molecule has 0 aliphatic carbocycles. The summed E-state index contributed by atoms with van der Waals surface area (Å²) in [6.07, 6.45) is 0.723. The van der Waals surface area contributed by atoms with Crippen molar-refractivity contribution >= 4 is 17.7 Å². The van der Waals surface area contributed by atoms with Crippen LogP contribution in [0.3, 0.4) is 0 Å². The highest BCUT2D eigenvalue weighted by Crippen LogP contribution is 2.09. The van der Waals surface area contributed by atoms with E-state index in [-0.39, 0.29) is 23.7 Å². The first kappa shape index (κ1) is 17.4. The van der Waals surface area contributed by atoms with Crippen LogP contribution in [0.2, 0.25) is 0 Å². The number of hydrogen-bond donors (Lipinski definition) is 3. The highest BCUT2D eigenvalue weighted by atomic mass is 16.2. The summed E-state index contributed by atoms with van der Waals surface area (Å²) in [7, 11) is 0. The first-order valence-corrected chi connectivity index (χ1v) is 6.57. The van der Waals surface area contributed by atoms with E-state index in [4.69, 9.17) is 5.73 Å². The molecule has 6 heteroatoms. The Morgan fingerprint density at radius 2 is 1.58 bits per heavy atom. The van der Waals surface area contributed by atoms with Gasteiger partial charge in [0.05, 0.1) is 0 Å². The number of rotatable bonds is 7. The molecule has 0 aliphatic heterocycles. The molecular formula is C13H25N3O3. The molecule has 0 unspecified atom stereocenters. The van der Waals surface area contributed by atoms with Crippen LogP contribution >= 0.6 is 0 Å². The molecule has 4 N–H and O–H groups in total. The minimum absolute atomic E-state index is 0.0495. The van der Waals surface area contributed by atoms with Crippen LogP contribution in [0, 0.1) is 11.8 Å². The van der Waals surface area contributed by atoms with Gasteiger partial charge in [-0.15, -0.1) is 0 Å². The summed E-state index contributed by atoms with van der Waals surface area (Å²) >= 11 is 0. The zero-order valence-electron chi connectivity index (χ0n) is 12.3. The number of hydrogen-bond acceptors (Lipinski definition) is 3. The molecule has 19 heavy (non-hydrogen) atoms. The first-order valence-electron chi connectivity index (χ1n) is 6.57. The highest BCUT2D eigenvalue weighted by molar-refractivity contribution is 5.91. The van der Waals surface area contributed by atoms with Crippen LogP contribution in [0.5, 0.6) is 0 Å². The Hall–Kier alpha value is -1.59. The monoisotopic (exact) mass is 271 g/mol. The van der Waals surface area contributed by atoms with Gasteiger partial charge < -0.3 is 16.4 Å². The van der Waals surface area contributed by atoms with Crippen molar-refractivity contribution in [2.24, 2.45) is 17.6 Å². The van der Waals surface area contributed by atoms with Gasteiger partial charge in [0.25, 0.3) is 0 Å². The normalized spacial score (nSPS) is 15.5. The maximum Gasteiger partial charge on any atom is 0.243 e. The maximum absolute atomic E-state index is 12.1. The molecule has 0 aliphatic rings. The number of amides is 3. The third-order valence-electron chi connectivity index (χ3n) is 3.13. The molecule has 0 saturated carbocycles. The van der Waals surface area contributed by atoms with Crippen LogP contribution in [-0.4, -0.2) is 29.8 Å². The van der Waals surface area contributed by atoms with Gasteiger partial charge in [-0.25, -0.2) is 0 Å². The number of nitrogens with one attached hydrogen (secondary N) is 2. The lowest BCUT2D eigenvalue weighted by molar-refractivity contribution is -0.132. The van der Waals surface area contributed by atoms with Gasteiger partial charge in [0, 0.05) is 6.92 Å². The zero-order valence-corrected chi connectivity index (χ0v) is 12.3. The Kier molecular flexibility index (Phi) is 7.11. The van der Waals surface area contributed by atoms with Gasteiger partial charge in [-0.1, -0.05) is 34.1 Å². The molecule has 6 nitrogen and oxygen atoms in total. The molecule has 0 heterocycles. The van der Waals surface area contributed by atoms with E-state index < -0.39 is 18.0 Å². The Morgan fingerprint density at radius 1 is 1.05 bits per heavy atom. The summed E-state index contributed by atoms with van der Waals surface area (Å²) in [6, 6.07) is -1.38. The minimum atomic E-state index is -0.715. The smallest absolute Gasteiger partial charge is 0.243 e. The average Bonchev–Trinajstić information content (AvgIpc) is 2.30. The van der Waals surface area contributed by atoms with Crippen LogP contribution in [-0.2, 0) is 14.4 Å². The Morgan fingerprint density at radius 3 is 1.89 bits per heavy atom. The topological polar surface area (TPSA) is 101 Å².